The van der Waals surface area contributed by atoms with Gasteiger partial charge in [-0.3, -0.25) is 4.79 Å². The zero-order chi connectivity index (χ0) is 28.0. The highest BCUT2D eigenvalue weighted by Gasteiger charge is 2.14. The monoisotopic (exact) mass is 538 g/mol. The summed E-state index contributed by atoms with van der Waals surface area (Å²) in [4.78, 5) is 22.3. The molecule has 1 N–H and O–H groups in total. The Bertz CT molecular complexity index is 1350. The molecule has 0 atom stereocenters. The van der Waals surface area contributed by atoms with E-state index in [0.717, 1.165) is 60.3 Å². The molecule has 40 heavy (non-hydrogen) atoms. The van der Waals surface area contributed by atoms with Crippen LogP contribution >= 0.6 is 0 Å². The van der Waals surface area contributed by atoms with Crippen molar-refractivity contribution < 1.29 is 28.9 Å². The van der Waals surface area contributed by atoms with Crippen molar-refractivity contribution in [3.8, 4) is 17.2 Å². The maximum atomic E-state index is 11.5. The summed E-state index contributed by atoms with van der Waals surface area (Å²) >= 11 is 0. The van der Waals surface area contributed by atoms with Crippen LogP contribution in [0.15, 0.2) is 103 Å². The minimum Gasteiger partial charge on any atom is -0.494 e. The standard InChI is InChI=1S/C34H34O6/c35-32(34(36)37)28-19-21-30(22-20-28)38-23-10-2-1-9-16-29-17-11-18-31(39-24-26-12-5-3-6-13-26)33(29)40-25-27-14-7-4-8-15-27/h3-8,11-15,17-22H,1-2,9-10,16,23-25H2,(H,36,37). The van der Waals surface area contributed by atoms with Crippen LogP contribution in [0.1, 0.15) is 52.7 Å². The Labute approximate surface area is 235 Å². The van der Waals surface area contributed by atoms with Gasteiger partial charge in [0.2, 0.25) is 0 Å². The summed E-state index contributed by atoms with van der Waals surface area (Å²) in [5.74, 6) is -0.213. The fourth-order valence-electron chi connectivity index (χ4n) is 4.29. The number of rotatable bonds is 16. The van der Waals surface area contributed by atoms with Crippen molar-refractivity contribution in [2.75, 3.05) is 6.61 Å². The second kappa shape index (κ2) is 15.1. The molecule has 0 heterocycles. The number of hydrogen-bond acceptors (Lipinski definition) is 5. The number of carbonyl (C=O) groups excluding carboxylic acids is 1. The Morgan fingerprint density at radius 1 is 0.600 bits per heavy atom. The maximum absolute atomic E-state index is 11.5. The highest BCUT2D eigenvalue weighted by molar-refractivity contribution is 6.39. The zero-order valence-corrected chi connectivity index (χ0v) is 22.5. The van der Waals surface area contributed by atoms with Crippen LogP contribution in [0.5, 0.6) is 17.2 Å². The average molecular weight is 539 g/mol. The van der Waals surface area contributed by atoms with E-state index in [1.165, 1.54) is 12.1 Å². The number of hydrogen-bond donors (Lipinski definition) is 1. The van der Waals surface area contributed by atoms with Crippen molar-refractivity contribution in [2.45, 2.75) is 45.3 Å². The fraction of sp³-hybridized carbons (Fsp3) is 0.235. The first-order valence-electron chi connectivity index (χ1n) is 13.6. The van der Waals surface area contributed by atoms with Gasteiger partial charge in [-0.2, -0.15) is 0 Å². The number of aliphatic carboxylic acids is 1. The summed E-state index contributed by atoms with van der Waals surface area (Å²) in [6.45, 7) is 1.51. The summed E-state index contributed by atoms with van der Waals surface area (Å²) in [5.41, 5.74) is 3.48. The van der Waals surface area contributed by atoms with E-state index in [9.17, 15) is 9.59 Å². The maximum Gasteiger partial charge on any atom is 0.377 e. The van der Waals surface area contributed by atoms with Gasteiger partial charge in [0.15, 0.2) is 11.5 Å². The zero-order valence-electron chi connectivity index (χ0n) is 22.5. The van der Waals surface area contributed by atoms with Gasteiger partial charge in [0.05, 0.1) is 6.61 Å². The highest BCUT2D eigenvalue weighted by Crippen LogP contribution is 2.34. The van der Waals surface area contributed by atoms with Crippen LogP contribution in [-0.2, 0) is 24.4 Å². The fourth-order valence-corrected chi connectivity index (χ4v) is 4.29. The van der Waals surface area contributed by atoms with E-state index in [1.807, 2.05) is 60.7 Å². The number of carboxylic acids is 1. The number of Topliss-reactive ketones (excluding diaryl/α,β-unsaturated/α-hetero) is 1. The normalized spacial score (nSPS) is 10.6. The Morgan fingerprint density at radius 3 is 1.88 bits per heavy atom. The predicted octanol–water partition coefficient (Wildman–Crippen LogP) is 7.29. The second-order valence-electron chi connectivity index (χ2n) is 9.46. The molecular formula is C34H34O6. The quantitative estimate of drug-likeness (QED) is 0.0916. The van der Waals surface area contributed by atoms with Gasteiger partial charge < -0.3 is 19.3 Å². The van der Waals surface area contributed by atoms with Crippen molar-refractivity contribution in [3.05, 3.63) is 125 Å². The number of unbranched alkanes of at least 4 members (excludes halogenated alkanes) is 3. The van der Waals surface area contributed by atoms with Crippen molar-refractivity contribution >= 4 is 11.8 Å². The molecule has 0 spiro atoms. The number of para-hydroxylation sites is 1. The van der Waals surface area contributed by atoms with Crippen LogP contribution < -0.4 is 14.2 Å². The first-order valence-corrected chi connectivity index (χ1v) is 13.6. The Kier molecular flexibility index (Phi) is 10.7. The summed E-state index contributed by atoms with van der Waals surface area (Å²) in [5, 5.41) is 8.80. The first kappa shape index (κ1) is 28.4. The molecule has 4 aromatic carbocycles. The number of carbonyl (C=O) groups is 2. The molecule has 0 saturated heterocycles. The number of benzene rings is 4. The lowest BCUT2D eigenvalue weighted by Gasteiger charge is -2.17. The topological polar surface area (TPSA) is 82.1 Å². The van der Waals surface area contributed by atoms with Gasteiger partial charge in [-0.1, -0.05) is 85.6 Å². The lowest BCUT2D eigenvalue weighted by Crippen LogP contribution is -2.12. The second-order valence-corrected chi connectivity index (χ2v) is 9.46. The molecular weight excluding hydrogens is 504 g/mol. The predicted molar refractivity (Wildman–Crippen MR) is 154 cm³/mol. The smallest absolute Gasteiger partial charge is 0.377 e. The van der Waals surface area contributed by atoms with Crippen LogP contribution in [0, 0.1) is 0 Å². The molecule has 0 bridgehead atoms. The molecule has 206 valence electrons. The van der Waals surface area contributed by atoms with Gasteiger partial charge in [-0.25, -0.2) is 4.79 Å². The van der Waals surface area contributed by atoms with Crippen LogP contribution in [0.2, 0.25) is 0 Å². The Balaban J connectivity index is 1.26. The molecule has 0 fully saturated rings. The van der Waals surface area contributed by atoms with E-state index in [0.29, 0.717) is 25.6 Å². The van der Waals surface area contributed by atoms with Crippen molar-refractivity contribution in [1.82, 2.24) is 0 Å². The van der Waals surface area contributed by atoms with Gasteiger partial charge in [-0.15, -0.1) is 0 Å². The van der Waals surface area contributed by atoms with E-state index < -0.39 is 11.8 Å². The summed E-state index contributed by atoms with van der Waals surface area (Å²) in [7, 11) is 0. The summed E-state index contributed by atoms with van der Waals surface area (Å²) in [6, 6.07) is 32.5. The SMILES string of the molecule is O=C(O)C(=O)c1ccc(OCCCCCCc2cccc(OCc3ccccc3)c2OCc2ccccc2)cc1. The molecule has 0 radical (unpaired) electrons. The minimum absolute atomic E-state index is 0.140. The van der Waals surface area contributed by atoms with Gasteiger partial charge in [0.1, 0.15) is 19.0 Å². The van der Waals surface area contributed by atoms with Gasteiger partial charge in [-0.05, 0) is 66.3 Å². The molecule has 4 aromatic rings. The third-order valence-electron chi connectivity index (χ3n) is 6.44. The molecule has 0 aliphatic heterocycles. The number of carboxylic acid groups (broad SMARTS) is 1. The molecule has 0 unspecified atom stereocenters. The van der Waals surface area contributed by atoms with Crippen LogP contribution in [-0.4, -0.2) is 23.5 Å². The summed E-state index contributed by atoms with van der Waals surface area (Å²) < 4.78 is 18.3. The lowest BCUT2D eigenvalue weighted by atomic mass is 10.0. The molecule has 0 saturated carbocycles. The van der Waals surface area contributed by atoms with Crippen LogP contribution in [0.4, 0.5) is 0 Å². The van der Waals surface area contributed by atoms with E-state index in [4.69, 9.17) is 19.3 Å². The summed E-state index contributed by atoms with van der Waals surface area (Å²) in [6.07, 6.45) is 4.85. The number of ether oxygens (including phenoxy) is 3. The van der Waals surface area contributed by atoms with Crippen LogP contribution in [0.3, 0.4) is 0 Å². The number of aryl methyl sites for hydroxylation is 1. The Hall–Kier alpha value is -4.58. The minimum atomic E-state index is -1.46. The molecule has 0 aliphatic carbocycles. The van der Waals surface area contributed by atoms with Gasteiger partial charge >= 0.3 is 5.97 Å². The third kappa shape index (κ3) is 8.73. The van der Waals surface area contributed by atoms with Crippen molar-refractivity contribution in [3.63, 3.8) is 0 Å². The average Bonchev–Trinajstić information content (AvgIpc) is 3.00. The Morgan fingerprint density at radius 2 is 1.23 bits per heavy atom. The molecule has 0 aromatic heterocycles. The van der Waals surface area contributed by atoms with E-state index >= 15 is 0 Å². The van der Waals surface area contributed by atoms with E-state index in [-0.39, 0.29) is 5.56 Å². The van der Waals surface area contributed by atoms with E-state index in [1.54, 1.807) is 12.1 Å². The van der Waals surface area contributed by atoms with Crippen molar-refractivity contribution in [1.29, 1.82) is 0 Å². The molecule has 6 heteroatoms. The highest BCUT2D eigenvalue weighted by atomic mass is 16.5. The van der Waals surface area contributed by atoms with Gasteiger partial charge in [0, 0.05) is 5.56 Å². The van der Waals surface area contributed by atoms with E-state index in [2.05, 4.69) is 18.2 Å². The lowest BCUT2D eigenvalue weighted by molar-refractivity contribution is -0.131. The van der Waals surface area contributed by atoms with Crippen LogP contribution in [0.25, 0.3) is 0 Å². The molecule has 4 rings (SSSR count). The van der Waals surface area contributed by atoms with Gasteiger partial charge in [0.25, 0.3) is 5.78 Å². The largest absolute Gasteiger partial charge is 0.494 e. The first-order chi connectivity index (χ1) is 19.6. The molecule has 0 aliphatic rings. The molecule has 0 amide bonds. The van der Waals surface area contributed by atoms with Crippen molar-refractivity contribution in [2.24, 2.45) is 0 Å². The molecule has 6 nitrogen and oxygen atoms in total. The third-order valence-corrected chi connectivity index (χ3v) is 6.44. The number of ketones is 1.